The van der Waals surface area contributed by atoms with Crippen LogP contribution in [0, 0.1) is 0 Å². The van der Waals surface area contributed by atoms with Crippen LogP contribution in [0.1, 0.15) is 5.56 Å². The number of anilines is 1. The van der Waals surface area contributed by atoms with Gasteiger partial charge in [0, 0.05) is 4.90 Å². The molecule has 1 atom stereocenters. The van der Waals surface area contributed by atoms with Crippen LogP contribution in [-0.2, 0) is 16.6 Å². The number of rotatable bonds is 4. The van der Waals surface area contributed by atoms with Crippen LogP contribution in [0.5, 0.6) is 5.75 Å². The molecule has 0 aliphatic heterocycles. The first-order valence-corrected chi connectivity index (χ1v) is 7.36. The topological polar surface area (TPSA) is 52.3 Å². The van der Waals surface area contributed by atoms with Crippen LogP contribution in [0.4, 0.5) is 5.69 Å². The predicted molar refractivity (Wildman–Crippen MR) is 79.0 cm³/mol. The summed E-state index contributed by atoms with van der Waals surface area (Å²) in [7, 11) is 0.445. The summed E-state index contributed by atoms with van der Waals surface area (Å²) in [5, 5.41) is 0.510. The third-order valence-electron chi connectivity index (χ3n) is 2.66. The molecule has 0 heterocycles. The summed E-state index contributed by atoms with van der Waals surface area (Å²) in [6.45, 7) is 0. The van der Waals surface area contributed by atoms with Gasteiger partial charge in [-0.05, 0) is 35.9 Å². The fraction of sp³-hybridized carbons (Fsp3) is 0.143. The number of hydrogen-bond donors (Lipinski definition) is 1. The molecular weight excluding hydrogens is 282 g/mol. The monoisotopic (exact) mass is 295 g/mol. The standard InChI is InChI=1S/C14H14ClNO2S/c1-18-11-3-2-4-12(8-11)19(17)9-10-5-6-13(15)14(16)7-10/h2-8H,9,16H2,1H3. The van der Waals surface area contributed by atoms with Gasteiger partial charge < -0.3 is 10.5 Å². The molecule has 0 fully saturated rings. The lowest BCUT2D eigenvalue weighted by Crippen LogP contribution is -1.98. The maximum Gasteiger partial charge on any atom is 0.120 e. The van der Waals surface area contributed by atoms with E-state index in [2.05, 4.69) is 0 Å². The molecule has 2 N–H and O–H groups in total. The Morgan fingerprint density at radius 1 is 1.26 bits per heavy atom. The average Bonchev–Trinajstić information content (AvgIpc) is 2.43. The van der Waals surface area contributed by atoms with Crippen molar-refractivity contribution in [3.63, 3.8) is 0 Å². The highest BCUT2D eigenvalue weighted by Gasteiger charge is 2.07. The molecule has 19 heavy (non-hydrogen) atoms. The Kier molecular flexibility index (Phi) is 4.45. The van der Waals surface area contributed by atoms with Crippen LogP contribution >= 0.6 is 11.6 Å². The Balaban J connectivity index is 2.18. The molecule has 0 saturated carbocycles. The van der Waals surface area contributed by atoms with Crippen molar-refractivity contribution < 1.29 is 8.95 Å². The van der Waals surface area contributed by atoms with Gasteiger partial charge in [0.05, 0.1) is 34.4 Å². The summed E-state index contributed by atoms with van der Waals surface area (Å²) in [5.74, 6) is 1.09. The van der Waals surface area contributed by atoms with E-state index in [1.807, 2.05) is 24.3 Å². The molecule has 1 unspecified atom stereocenters. The molecule has 2 aromatic carbocycles. The van der Waals surface area contributed by atoms with Crippen molar-refractivity contribution >= 4 is 28.1 Å². The van der Waals surface area contributed by atoms with Gasteiger partial charge in [0.15, 0.2) is 0 Å². The van der Waals surface area contributed by atoms with E-state index >= 15 is 0 Å². The van der Waals surface area contributed by atoms with Crippen LogP contribution in [0.25, 0.3) is 0 Å². The number of methoxy groups -OCH3 is 1. The Labute approximate surface area is 119 Å². The van der Waals surface area contributed by atoms with Crippen molar-refractivity contribution in [3.8, 4) is 5.75 Å². The van der Waals surface area contributed by atoms with Crippen LogP contribution in [-0.4, -0.2) is 11.3 Å². The van der Waals surface area contributed by atoms with Gasteiger partial charge in [-0.3, -0.25) is 4.21 Å². The zero-order valence-electron chi connectivity index (χ0n) is 10.4. The highest BCUT2D eigenvalue weighted by Crippen LogP contribution is 2.22. The third-order valence-corrected chi connectivity index (χ3v) is 4.38. The molecule has 0 aromatic heterocycles. The molecule has 0 aliphatic rings. The van der Waals surface area contributed by atoms with E-state index in [0.29, 0.717) is 22.2 Å². The Morgan fingerprint density at radius 3 is 2.74 bits per heavy atom. The van der Waals surface area contributed by atoms with E-state index < -0.39 is 10.8 Å². The Morgan fingerprint density at radius 2 is 2.05 bits per heavy atom. The lowest BCUT2D eigenvalue weighted by Gasteiger charge is -2.06. The predicted octanol–water partition coefficient (Wildman–Crippen LogP) is 3.24. The molecule has 0 saturated heterocycles. The minimum atomic E-state index is -1.14. The lowest BCUT2D eigenvalue weighted by molar-refractivity contribution is 0.413. The summed E-state index contributed by atoms with van der Waals surface area (Å²) < 4.78 is 17.4. The van der Waals surface area contributed by atoms with Crippen molar-refractivity contribution in [1.29, 1.82) is 0 Å². The number of hydrogen-bond acceptors (Lipinski definition) is 3. The van der Waals surface area contributed by atoms with Crippen molar-refractivity contribution in [3.05, 3.63) is 53.1 Å². The van der Waals surface area contributed by atoms with Crippen LogP contribution in [0.3, 0.4) is 0 Å². The maximum absolute atomic E-state index is 12.3. The van der Waals surface area contributed by atoms with E-state index in [-0.39, 0.29) is 0 Å². The Bertz CT molecular complexity index is 616. The molecule has 0 spiro atoms. The molecule has 0 amide bonds. The molecule has 0 aliphatic carbocycles. The van der Waals surface area contributed by atoms with Gasteiger partial charge in [-0.1, -0.05) is 23.7 Å². The molecule has 0 radical (unpaired) electrons. The molecule has 0 bridgehead atoms. The summed E-state index contributed by atoms with van der Waals surface area (Å²) in [6.07, 6.45) is 0. The quantitative estimate of drug-likeness (QED) is 0.881. The van der Waals surface area contributed by atoms with E-state index in [1.165, 1.54) is 0 Å². The van der Waals surface area contributed by atoms with Gasteiger partial charge in [-0.15, -0.1) is 0 Å². The second-order valence-corrected chi connectivity index (χ2v) is 5.88. The van der Waals surface area contributed by atoms with E-state index in [4.69, 9.17) is 22.1 Å². The molecule has 5 heteroatoms. The summed E-state index contributed by atoms with van der Waals surface area (Å²) in [6, 6.07) is 12.5. The van der Waals surface area contributed by atoms with Gasteiger partial charge in [-0.2, -0.15) is 0 Å². The third kappa shape index (κ3) is 3.49. The minimum Gasteiger partial charge on any atom is -0.497 e. The maximum atomic E-state index is 12.3. The van der Waals surface area contributed by atoms with Crippen molar-refractivity contribution in [1.82, 2.24) is 0 Å². The van der Waals surface area contributed by atoms with Gasteiger partial charge in [-0.25, -0.2) is 0 Å². The fourth-order valence-corrected chi connectivity index (χ4v) is 2.90. The highest BCUT2D eigenvalue weighted by molar-refractivity contribution is 7.84. The number of ether oxygens (including phenoxy) is 1. The second-order valence-electron chi connectivity index (χ2n) is 4.02. The summed E-state index contributed by atoms with van der Waals surface area (Å²) in [5.41, 5.74) is 7.12. The first-order valence-electron chi connectivity index (χ1n) is 5.66. The van der Waals surface area contributed by atoms with E-state index in [1.54, 1.807) is 25.3 Å². The second kappa shape index (κ2) is 6.08. The highest BCUT2D eigenvalue weighted by atomic mass is 35.5. The molecule has 2 rings (SSSR count). The number of nitrogen functional groups attached to an aromatic ring is 1. The van der Waals surface area contributed by atoms with Crippen molar-refractivity contribution in [2.24, 2.45) is 0 Å². The minimum absolute atomic E-state index is 0.397. The molecular formula is C14H14ClNO2S. The average molecular weight is 296 g/mol. The van der Waals surface area contributed by atoms with Gasteiger partial charge in [0.2, 0.25) is 0 Å². The van der Waals surface area contributed by atoms with Gasteiger partial charge >= 0.3 is 0 Å². The van der Waals surface area contributed by atoms with E-state index in [9.17, 15) is 4.21 Å². The van der Waals surface area contributed by atoms with Crippen LogP contribution in [0.2, 0.25) is 5.02 Å². The lowest BCUT2D eigenvalue weighted by atomic mass is 10.2. The molecule has 3 nitrogen and oxygen atoms in total. The van der Waals surface area contributed by atoms with Crippen molar-refractivity contribution in [2.45, 2.75) is 10.6 Å². The zero-order chi connectivity index (χ0) is 13.8. The molecule has 100 valence electrons. The number of nitrogens with two attached hydrogens (primary N) is 1. The Hall–Kier alpha value is -1.52. The SMILES string of the molecule is COc1cccc(S(=O)Cc2ccc(Cl)c(N)c2)c1. The normalized spacial score (nSPS) is 12.1. The van der Waals surface area contributed by atoms with E-state index in [0.717, 1.165) is 10.5 Å². The summed E-state index contributed by atoms with van der Waals surface area (Å²) >= 11 is 5.86. The fourth-order valence-electron chi connectivity index (χ4n) is 1.66. The number of halogens is 1. The first kappa shape index (κ1) is 13.9. The van der Waals surface area contributed by atoms with Crippen LogP contribution < -0.4 is 10.5 Å². The number of benzene rings is 2. The van der Waals surface area contributed by atoms with Gasteiger partial charge in [0.25, 0.3) is 0 Å². The smallest absolute Gasteiger partial charge is 0.120 e. The van der Waals surface area contributed by atoms with Gasteiger partial charge in [0.1, 0.15) is 5.75 Å². The largest absolute Gasteiger partial charge is 0.497 e. The molecule has 2 aromatic rings. The first-order chi connectivity index (χ1) is 9.10. The zero-order valence-corrected chi connectivity index (χ0v) is 12.0. The summed E-state index contributed by atoms with van der Waals surface area (Å²) in [4.78, 5) is 0.730. The van der Waals surface area contributed by atoms with Crippen LogP contribution in [0.15, 0.2) is 47.4 Å². The van der Waals surface area contributed by atoms with Crippen molar-refractivity contribution in [2.75, 3.05) is 12.8 Å².